The molecule has 2 N–H and O–H groups in total. The zero-order valence-electron chi connectivity index (χ0n) is 29.2. The molecule has 0 spiro atoms. The largest absolute Gasteiger partial charge is 0.503 e. The van der Waals surface area contributed by atoms with E-state index in [4.69, 9.17) is 16.3 Å². The minimum absolute atomic E-state index is 0.0302. The molecule has 2 saturated heterocycles. The lowest BCUT2D eigenvalue weighted by Crippen LogP contribution is -2.53. The highest BCUT2D eigenvalue weighted by Gasteiger charge is 2.70. The number of ether oxygens (including phenoxy) is 1. The second-order valence-electron chi connectivity index (χ2n) is 14.1. The quantitative estimate of drug-likeness (QED) is 0.108. The molecule has 3 fully saturated rings. The zero-order valence-corrected chi connectivity index (χ0v) is 33.1. The minimum atomic E-state index is -1.65. The summed E-state index contributed by atoms with van der Waals surface area (Å²) in [6.45, 7) is 1.43. The second kappa shape index (κ2) is 13.7. The van der Waals surface area contributed by atoms with Crippen LogP contribution in [0.15, 0.2) is 99.5 Å². The number of anilines is 2. The first-order valence-corrected chi connectivity index (χ1v) is 19.4. The number of hydrazine groups is 1. The normalized spacial score (nSPS) is 25.7. The molecule has 14 heteroatoms. The van der Waals surface area contributed by atoms with Crippen molar-refractivity contribution in [2.75, 3.05) is 17.4 Å². The molecule has 6 atom stereocenters. The number of carbonyl (C=O) groups is 5. The summed E-state index contributed by atoms with van der Waals surface area (Å²) in [5, 5.41) is 12.4. The van der Waals surface area contributed by atoms with Gasteiger partial charge in [0.05, 0.1) is 46.1 Å². The second-order valence-corrected chi connectivity index (χ2v) is 16.2. The molecule has 4 aromatic rings. The lowest BCUT2D eigenvalue weighted by molar-refractivity contribution is -0.138. The molecule has 4 aliphatic rings. The summed E-state index contributed by atoms with van der Waals surface area (Å²) in [5.41, 5.74) is 3.96. The number of ketones is 1. The van der Waals surface area contributed by atoms with Crippen LogP contribution < -0.4 is 15.1 Å². The third kappa shape index (κ3) is 5.56. The molecule has 280 valence electrons. The summed E-state index contributed by atoms with van der Waals surface area (Å²) in [6, 6.07) is 19.8. The highest BCUT2D eigenvalue weighted by Crippen LogP contribution is 2.65. The van der Waals surface area contributed by atoms with Crippen LogP contribution in [-0.4, -0.2) is 46.6 Å². The van der Waals surface area contributed by atoms with Gasteiger partial charge in [-0.25, -0.2) is 4.39 Å². The molecule has 0 radical (unpaired) electrons. The molecule has 0 unspecified atom stereocenters. The molecule has 2 aliphatic carbocycles. The molecule has 1 saturated carbocycles. The Morgan fingerprint density at radius 1 is 0.927 bits per heavy atom. The van der Waals surface area contributed by atoms with Crippen LogP contribution in [0.1, 0.15) is 47.2 Å². The molecule has 2 aliphatic heterocycles. The lowest BCUT2D eigenvalue weighted by Gasteiger charge is -2.51. The molecule has 0 aromatic heterocycles. The van der Waals surface area contributed by atoms with Gasteiger partial charge >= 0.3 is 0 Å². The number of hydrogen-bond donors (Lipinski definition) is 2. The first kappa shape index (κ1) is 37.1. The van der Waals surface area contributed by atoms with Crippen molar-refractivity contribution in [1.29, 1.82) is 0 Å². The Morgan fingerprint density at radius 2 is 1.60 bits per heavy atom. The molecule has 0 bridgehead atoms. The van der Waals surface area contributed by atoms with Crippen LogP contribution in [0.4, 0.5) is 15.8 Å². The first-order chi connectivity index (χ1) is 26.3. The van der Waals surface area contributed by atoms with Crippen LogP contribution in [0, 0.1) is 29.5 Å². The predicted molar refractivity (Wildman–Crippen MR) is 208 cm³/mol. The number of amides is 4. The van der Waals surface area contributed by atoms with Crippen LogP contribution in [0.2, 0.25) is 5.02 Å². The number of aromatic hydroxyl groups is 1. The van der Waals surface area contributed by atoms with E-state index in [-0.39, 0.29) is 34.6 Å². The summed E-state index contributed by atoms with van der Waals surface area (Å²) >= 11 is 13.5. The van der Waals surface area contributed by atoms with Gasteiger partial charge in [-0.05, 0) is 135 Å². The predicted octanol–water partition coefficient (Wildman–Crippen LogP) is 8.11. The van der Waals surface area contributed by atoms with Crippen molar-refractivity contribution in [3.63, 3.8) is 0 Å². The van der Waals surface area contributed by atoms with Gasteiger partial charge in [0.15, 0.2) is 17.3 Å². The molecule has 10 nitrogen and oxygen atoms in total. The van der Waals surface area contributed by atoms with E-state index in [1.165, 1.54) is 38.3 Å². The Labute approximate surface area is 336 Å². The fourth-order valence-corrected chi connectivity index (χ4v) is 10.2. The monoisotopic (exact) mass is 889 g/mol. The molecule has 4 amide bonds. The highest BCUT2D eigenvalue weighted by molar-refractivity contribution is 9.13. The van der Waals surface area contributed by atoms with Gasteiger partial charge in [0.25, 0.3) is 11.8 Å². The first-order valence-electron chi connectivity index (χ1n) is 17.4. The Bertz CT molecular complexity index is 2360. The van der Waals surface area contributed by atoms with Crippen LogP contribution in [0.3, 0.4) is 0 Å². The van der Waals surface area contributed by atoms with Crippen molar-refractivity contribution in [2.45, 2.75) is 31.1 Å². The maximum absolute atomic E-state index is 15.4. The molecular formula is C41H31Br2ClFN3O7. The molecule has 2 heterocycles. The number of halogens is 4. The Morgan fingerprint density at radius 3 is 2.24 bits per heavy atom. The number of nitrogens with one attached hydrogen (secondary N) is 1. The number of rotatable bonds is 7. The maximum atomic E-state index is 15.4. The minimum Gasteiger partial charge on any atom is -0.503 e. The zero-order chi connectivity index (χ0) is 39.1. The number of benzene rings is 4. The summed E-state index contributed by atoms with van der Waals surface area (Å²) in [4.78, 5) is 72.2. The van der Waals surface area contributed by atoms with Gasteiger partial charge in [0.1, 0.15) is 5.82 Å². The number of fused-ring (bicyclic) bond motifs is 4. The van der Waals surface area contributed by atoms with E-state index in [0.29, 0.717) is 43.1 Å². The van der Waals surface area contributed by atoms with Gasteiger partial charge in [0, 0.05) is 21.0 Å². The van der Waals surface area contributed by atoms with Crippen molar-refractivity contribution in [2.24, 2.45) is 23.7 Å². The van der Waals surface area contributed by atoms with Gasteiger partial charge in [-0.3, -0.25) is 34.3 Å². The van der Waals surface area contributed by atoms with E-state index in [9.17, 15) is 28.7 Å². The van der Waals surface area contributed by atoms with Gasteiger partial charge in [-0.1, -0.05) is 35.4 Å². The van der Waals surface area contributed by atoms with Crippen molar-refractivity contribution in [3.8, 4) is 11.5 Å². The summed E-state index contributed by atoms with van der Waals surface area (Å²) < 4.78 is 20.2. The average Bonchev–Trinajstić information content (AvgIpc) is 3.56. The number of allylic oxidation sites excluding steroid dienone is 2. The number of hydrogen-bond acceptors (Lipinski definition) is 8. The van der Waals surface area contributed by atoms with Crippen LogP contribution in [0.25, 0.3) is 0 Å². The SMILES string of the molecule is COc1cc([C@H]2C3=CC[C@@H]4C(=O)N(c5ccc(C(C)=O)cc5)C(=O)[C@@H]4[C@@H]3C[C@H]3C(=O)N(Nc4ccc(F)cc4)C(=O)[C@@]23c2ccc(Cl)cc2)c(Br)c(Br)c1O. The number of phenolic OH excluding ortho intramolecular Hbond substituents is 1. The number of nitrogens with zero attached hydrogens (tertiary/aromatic N) is 2. The fourth-order valence-electron chi connectivity index (χ4n) is 9.08. The third-order valence-electron chi connectivity index (χ3n) is 11.5. The highest BCUT2D eigenvalue weighted by atomic mass is 79.9. The van der Waals surface area contributed by atoms with E-state index in [2.05, 4.69) is 37.3 Å². The Hall–Kier alpha value is -4.85. The molecule has 4 aromatic carbocycles. The maximum Gasteiger partial charge on any atom is 0.260 e. The van der Waals surface area contributed by atoms with Crippen LogP contribution in [-0.2, 0) is 24.6 Å². The van der Waals surface area contributed by atoms with Crippen LogP contribution in [0.5, 0.6) is 11.5 Å². The van der Waals surface area contributed by atoms with Gasteiger partial charge in [0.2, 0.25) is 11.8 Å². The van der Waals surface area contributed by atoms with Gasteiger partial charge < -0.3 is 9.84 Å². The van der Waals surface area contributed by atoms with E-state index >= 15 is 4.79 Å². The average molecular weight is 892 g/mol. The number of phenols is 1. The number of methoxy groups -OCH3 is 1. The Balaban J connectivity index is 1.34. The Kier molecular flexibility index (Phi) is 9.25. The van der Waals surface area contributed by atoms with Gasteiger partial charge in [-0.15, -0.1) is 0 Å². The van der Waals surface area contributed by atoms with Crippen molar-refractivity contribution >= 4 is 84.2 Å². The van der Waals surface area contributed by atoms with E-state index in [1.54, 1.807) is 54.6 Å². The summed E-state index contributed by atoms with van der Waals surface area (Å²) in [6.07, 6.45) is 2.11. The van der Waals surface area contributed by atoms with Crippen molar-refractivity contribution < 1.29 is 38.2 Å². The molecule has 55 heavy (non-hydrogen) atoms. The van der Waals surface area contributed by atoms with Crippen LogP contribution >= 0.6 is 43.5 Å². The smallest absolute Gasteiger partial charge is 0.260 e. The standard InChI is InChI=1S/C41H31Br2ClFN3O7/c1-19(49)20-3-13-25(14-4-20)47-37(51)27-16-15-26-28(32(27)39(47)53)17-30-38(52)48(46-24-11-9-23(45)10-12-24)40(54)41(30,21-5-7-22(44)8-6-21)33(26)29-18-31(55-2)36(50)35(43)34(29)42/h3-15,18,27-28,30,32-33,46,50H,16-17H2,1-2H3/t27-,28+,30-,32-,33+,41+/m0/s1. The molecular weight excluding hydrogens is 861 g/mol. The van der Waals surface area contributed by atoms with Crippen molar-refractivity contribution in [1.82, 2.24) is 5.01 Å². The van der Waals surface area contributed by atoms with E-state index in [0.717, 1.165) is 9.91 Å². The third-order valence-corrected chi connectivity index (χ3v) is 13.9. The van der Waals surface area contributed by atoms with E-state index < -0.39 is 64.5 Å². The summed E-state index contributed by atoms with van der Waals surface area (Å²) in [7, 11) is 1.39. The lowest BCUT2D eigenvalue weighted by atomic mass is 9.49. The number of Topliss-reactive ketones (excluding diaryl/α,β-unsaturated/α-hetero) is 1. The fraction of sp³-hybridized carbons (Fsp3) is 0.244. The topological polar surface area (TPSA) is 133 Å². The number of imide groups is 2. The summed E-state index contributed by atoms with van der Waals surface area (Å²) in [5.74, 6) is -7.13. The van der Waals surface area contributed by atoms with Gasteiger partial charge in [-0.2, -0.15) is 5.01 Å². The number of carbonyl (C=O) groups excluding carboxylic acids is 5. The van der Waals surface area contributed by atoms with E-state index in [1.807, 2.05) is 6.08 Å². The molecule has 8 rings (SSSR count). The van der Waals surface area contributed by atoms with Crippen molar-refractivity contribution in [3.05, 3.63) is 127 Å².